The second-order valence-corrected chi connectivity index (χ2v) is 31.5. The lowest BCUT2D eigenvalue weighted by Gasteiger charge is -2.21. The van der Waals surface area contributed by atoms with E-state index in [9.17, 15) is 0 Å². The van der Waals surface area contributed by atoms with Gasteiger partial charge in [0.25, 0.3) is 0 Å². The number of fused-ring (bicyclic) bond motifs is 22. The van der Waals surface area contributed by atoms with Crippen LogP contribution in [-0.2, 0) is 10.8 Å². The second kappa shape index (κ2) is 23.4. The Morgan fingerprint density at radius 1 is 0.164 bits per heavy atom. The van der Waals surface area contributed by atoms with Crippen LogP contribution in [0.1, 0.15) is 49.9 Å². The van der Waals surface area contributed by atoms with Crippen molar-refractivity contribution in [2.24, 2.45) is 0 Å². The van der Waals surface area contributed by atoms with Crippen molar-refractivity contribution in [3.63, 3.8) is 0 Å². The molecular formula is C106H72N4. The van der Waals surface area contributed by atoms with Crippen LogP contribution in [0.3, 0.4) is 0 Å². The van der Waals surface area contributed by atoms with Gasteiger partial charge in [-0.3, -0.25) is 0 Å². The Labute approximate surface area is 636 Å². The first kappa shape index (κ1) is 62.4. The third kappa shape index (κ3) is 8.96. The van der Waals surface area contributed by atoms with E-state index in [1.54, 1.807) is 0 Å². The van der Waals surface area contributed by atoms with E-state index < -0.39 is 0 Å². The molecule has 0 radical (unpaired) electrons. The number of benzene rings is 18. The van der Waals surface area contributed by atoms with Crippen molar-refractivity contribution in [2.75, 3.05) is 0 Å². The van der Waals surface area contributed by atoms with E-state index in [0.29, 0.717) is 0 Å². The predicted molar refractivity (Wildman–Crippen MR) is 466 cm³/mol. The van der Waals surface area contributed by atoms with Crippen LogP contribution in [0.15, 0.2) is 364 Å². The van der Waals surface area contributed by atoms with Crippen molar-refractivity contribution < 1.29 is 0 Å². The average molecular weight is 1400 g/mol. The summed E-state index contributed by atoms with van der Waals surface area (Å²) in [5.74, 6) is 0. The number of hydrogen-bond acceptors (Lipinski definition) is 0. The number of para-hydroxylation sites is 2. The standard InChI is InChI=1S/2C53H36N2/c1-53(2)45-21-9-7-19-39(45)41-32-52-44(31-46(41)53)43-30-36(26-28-51(43)55(52)48-24-12-16-34-14-4-6-18-38(34)48)35-25-27-50-42(29-35)40-20-8-10-22-49(40)54(50)47-23-11-15-33-13-3-5-17-37(33)47;1-53(2)45-21-9-7-19-39(45)41-31-44-43-30-36(26-28-51(43)55(52(44)32-46(41)53)48-24-12-16-34-14-4-6-18-38(34)48)35-25-27-50-42(29-35)40-20-8-10-22-49(40)54(50)47-23-11-15-33-13-3-5-17-37(33)47/h2*3-32H,1-2H3. The molecule has 0 atom stereocenters. The minimum absolute atomic E-state index is 0.0884. The van der Waals surface area contributed by atoms with Crippen LogP contribution in [0, 0.1) is 0 Å². The summed E-state index contributed by atoms with van der Waals surface area (Å²) in [4.78, 5) is 0. The van der Waals surface area contributed by atoms with Crippen LogP contribution in [0.5, 0.6) is 0 Å². The fourth-order valence-electron chi connectivity index (χ4n) is 19.7. The minimum atomic E-state index is -0.0913. The Morgan fingerprint density at radius 2 is 0.427 bits per heavy atom. The van der Waals surface area contributed by atoms with Crippen molar-refractivity contribution >= 4 is 130 Å². The van der Waals surface area contributed by atoms with Crippen molar-refractivity contribution in [1.29, 1.82) is 0 Å². The molecule has 0 amide bonds. The van der Waals surface area contributed by atoms with Gasteiger partial charge in [-0.2, -0.15) is 0 Å². The summed E-state index contributed by atoms with van der Waals surface area (Å²) >= 11 is 0. The monoisotopic (exact) mass is 1400 g/mol. The predicted octanol–water partition coefficient (Wildman–Crippen LogP) is 28.3. The normalized spacial score (nSPS) is 13.4. The zero-order chi connectivity index (χ0) is 72.8. The molecule has 0 spiro atoms. The quantitative estimate of drug-likeness (QED) is 0.158. The van der Waals surface area contributed by atoms with Crippen LogP contribution in [0.25, 0.3) is 198 Å². The molecule has 0 saturated heterocycles. The molecule has 2 aliphatic carbocycles. The van der Waals surface area contributed by atoms with Gasteiger partial charge < -0.3 is 18.3 Å². The summed E-state index contributed by atoms with van der Waals surface area (Å²) in [7, 11) is 0. The maximum atomic E-state index is 2.51. The van der Waals surface area contributed by atoms with Crippen LogP contribution >= 0.6 is 0 Å². The van der Waals surface area contributed by atoms with E-state index in [1.165, 1.54) is 220 Å². The Balaban J connectivity index is 0.000000132. The Bertz CT molecular complexity index is 7700. The molecule has 0 unspecified atom stereocenters. The highest BCUT2D eigenvalue weighted by atomic mass is 15.0. The van der Waals surface area contributed by atoms with Crippen molar-refractivity contribution in [3.8, 4) is 67.3 Å². The fraction of sp³-hybridized carbons (Fsp3) is 0.0566. The van der Waals surface area contributed by atoms with Crippen LogP contribution in [-0.4, -0.2) is 18.3 Å². The highest BCUT2D eigenvalue weighted by Crippen LogP contribution is 2.54. The zero-order valence-corrected chi connectivity index (χ0v) is 61.4. The summed E-state index contributed by atoms with van der Waals surface area (Å²) < 4.78 is 9.90. The van der Waals surface area contributed by atoms with Crippen LogP contribution in [0.2, 0.25) is 0 Å². The van der Waals surface area contributed by atoms with Crippen LogP contribution < -0.4 is 0 Å². The molecule has 22 aromatic rings. The molecule has 18 aromatic carbocycles. The van der Waals surface area contributed by atoms with Crippen molar-refractivity contribution in [3.05, 3.63) is 386 Å². The molecule has 516 valence electrons. The highest BCUT2D eigenvalue weighted by Gasteiger charge is 2.38. The molecule has 0 N–H and O–H groups in total. The third-order valence-corrected chi connectivity index (χ3v) is 25.0. The van der Waals surface area contributed by atoms with E-state index in [1.807, 2.05) is 0 Å². The first-order valence-corrected chi connectivity index (χ1v) is 38.5. The molecule has 0 saturated carbocycles. The lowest BCUT2D eigenvalue weighted by atomic mass is 9.82. The van der Waals surface area contributed by atoms with Gasteiger partial charge >= 0.3 is 0 Å². The van der Waals surface area contributed by atoms with Gasteiger partial charge in [0.2, 0.25) is 0 Å². The van der Waals surface area contributed by atoms with Gasteiger partial charge in [-0.15, -0.1) is 0 Å². The summed E-state index contributed by atoms with van der Waals surface area (Å²) in [5.41, 5.74) is 30.3. The lowest BCUT2D eigenvalue weighted by Crippen LogP contribution is -2.15. The molecule has 4 heterocycles. The van der Waals surface area contributed by atoms with E-state index in [0.717, 1.165) is 0 Å². The van der Waals surface area contributed by atoms with E-state index in [-0.39, 0.29) is 10.8 Å². The van der Waals surface area contributed by atoms with Crippen molar-refractivity contribution in [2.45, 2.75) is 38.5 Å². The van der Waals surface area contributed by atoms with Gasteiger partial charge in [0.15, 0.2) is 0 Å². The highest BCUT2D eigenvalue weighted by molar-refractivity contribution is 6.18. The smallest absolute Gasteiger partial charge is 0.0547 e. The lowest BCUT2D eigenvalue weighted by molar-refractivity contribution is 0.661. The molecule has 0 fully saturated rings. The van der Waals surface area contributed by atoms with E-state index >= 15 is 0 Å². The van der Waals surface area contributed by atoms with Crippen LogP contribution in [0.4, 0.5) is 0 Å². The third-order valence-electron chi connectivity index (χ3n) is 25.0. The molecule has 24 rings (SSSR count). The summed E-state index contributed by atoms with van der Waals surface area (Å²) in [6.07, 6.45) is 0. The molecule has 2 aliphatic rings. The van der Waals surface area contributed by atoms with E-state index in [2.05, 4.69) is 410 Å². The summed E-state index contributed by atoms with van der Waals surface area (Å²) in [6, 6.07) is 135. The SMILES string of the molecule is CC1(C)c2ccccc2-c2cc3c(cc21)c1cc(-c2ccc4c(c2)c2ccccc2n4-c2cccc4ccccc24)ccc1n3-c1cccc2ccccc12.CC1(C)c2ccccc2-c2cc3c4cc(-c5ccc6c(c5)c5ccccc5n6-c5cccc6ccccc56)ccc4n(-c4cccc5ccccc45)c3cc21. The number of hydrogen-bond donors (Lipinski definition) is 0. The molecule has 0 bridgehead atoms. The molecule has 4 aromatic heterocycles. The van der Waals surface area contributed by atoms with Gasteiger partial charge in [0.1, 0.15) is 0 Å². The summed E-state index contributed by atoms with van der Waals surface area (Å²) in [6.45, 7) is 9.51. The first-order valence-electron chi connectivity index (χ1n) is 38.5. The number of rotatable bonds is 6. The zero-order valence-electron chi connectivity index (χ0n) is 61.4. The van der Waals surface area contributed by atoms with Gasteiger partial charge in [0, 0.05) is 75.5 Å². The maximum absolute atomic E-state index is 2.51. The topological polar surface area (TPSA) is 19.7 Å². The molecule has 4 heteroatoms. The Kier molecular flexibility index (Phi) is 13.2. The average Bonchev–Trinajstić information content (AvgIpc) is 1.55. The maximum Gasteiger partial charge on any atom is 0.0547 e. The van der Waals surface area contributed by atoms with Gasteiger partial charge in [-0.1, -0.05) is 282 Å². The molecule has 110 heavy (non-hydrogen) atoms. The summed E-state index contributed by atoms with van der Waals surface area (Å²) in [5, 5.41) is 20.2. The fourth-order valence-corrected chi connectivity index (χ4v) is 19.7. The molecule has 0 aliphatic heterocycles. The van der Waals surface area contributed by atoms with Gasteiger partial charge in [0.05, 0.1) is 66.9 Å². The second-order valence-electron chi connectivity index (χ2n) is 31.5. The van der Waals surface area contributed by atoms with E-state index in [4.69, 9.17) is 0 Å². The number of nitrogens with zero attached hydrogens (tertiary/aromatic N) is 4. The Morgan fingerprint density at radius 3 is 0.818 bits per heavy atom. The Hall–Kier alpha value is -13.8. The molecular weight excluding hydrogens is 1330 g/mol. The minimum Gasteiger partial charge on any atom is -0.309 e. The van der Waals surface area contributed by atoms with Crippen molar-refractivity contribution in [1.82, 2.24) is 18.3 Å². The first-order chi connectivity index (χ1) is 54.1. The van der Waals surface area contributed by atoms with Gasteiger partial charge in [-0.25, -0.2) is 0 Å². The largest absolute Gasteiger partial charge is 0.309 e. The number of aromatic nitrogens is 4. The molecule has 4 nitrogen and oxygen atoms in total. The van der Waals surface area contributed by atoms with Gasteiger partial charge in [-0.05, 0) is 198 Å².